The molecule has 190 valence electrons. The van der Waals surface area contributed by atoms with Gasteiger partial charge in [-0.15, -0.1) is 5.10 Å². The van der Waals surface area contributed by atoms with Crippen molar-refractivity contribution in [2.24, 2.45) is 0 Å². The Kier molecular flexibility index (Phi) is 8.70. The highest BCUT2D eigenvalue weighted by molar-refractivity contribution is 7.99. The van der Waals surface area contributed by atoms with Crippen molar-refractivity contribution in [2.75, 3.05) is 17.7 Å². The summed E-state index contributed by atoms with van der Waals surface area (Å²) in [6, 6.07) is 15.7. The van der Waals surface area contributed by atoms with Gasteiger partial charge in [0.25, 0.3) is 0 Å². The van der Waals surface area contributed by atoms with Crippen molar-refractivity contribution in [3.05, 3.63) is 76.5 Å². The molecule has 0 fully saturated rings. The van der Waals surface area contributed by atoms with Gasteiger partial charge in [0.2, 0.25) is 11.1 Å². The molecule has 0 saturated carbocycles. The molecule has 1 aliphatic rings. The highest BCUT2D eigenvalue weighted by Gasteiger charge is 2.35. The van der Waals surface area contributed by atoms with Gasteiger partial charge >= 0.3 is 5.97 Å². The lowest BCUT2D eigenvalue weighted by atomic mass is 9.96. The first-order valence-electron chi connectivity index (χ1n) is 12.5. The minimum atomic E-state index is -0.440. The average Bonchev–Trinajstić information content (AvgIpc) is 3.28. The van der Waals surface area contributed by atoms with Crippen molar-refractivity contribution in [1.29, 1.82) is 0 Å². The van der Waals surface area contributed by atoms with Crippen molar-refractivity contribution < 1.29 is 14.3 Å². The zero-order valence-electron chi connectivity index (χ0n) is 21.4. The van der Waals surface area contributed by atoms with E-state index in [1.807, 2.05) is 37.3 Å². The van der Waals surface area contributed by atoms with Crippen molar-refractivity contribution >= 4 is 23.7 Å². The highest BCUT2D eigenvalue weighted by atomic mass is 32.2. The molecule has 0 bridgehead atoms. The third kappa shape index (κ3) is 6.10. The maximum atomic E-state index is 13.2. The molecule has 0 amide bonds. The Morgan fingerprint density at radius 1 is 1.11 bits per heavy atom. The molecule has 0 saturated heterocycles. The van der Waals surface area contributed by atoms with Crippen LogP contribution in [0.2, 0.25) is 0 Å². The van der Waals surface area contributed by atoms with Crippen LogP contribution < -0.4 is 10.1 Å². The summed E-state index contributed by atoms with van der Waals surface area (Å²) >= 11 is 1.61. The van der Waals surface area contributed by atoms with Crippen molar-refractivity contribution in [2.45, 2.75) is 64.8 Å². The van der Waals surface area contributed by atoms with E-state index in [4.69, 9.17) is 14.6 Å². The number of thioether (sulfide) groups is 1. The Hall–Kier alpha value is -3.26. The van der Waals surface area contributed by atoms with Gasteiger partial charge in [0, 0.05) is 11.4 Å². The number of anilines is 1. The zero-order chi connectivity index (χ0) is 25.5. The van der Waals surface area contributed by atoms with Gasteiger partial charge in [-0.3, -0.25) is 0 Å². The summed E-state index contributed by atoms with van der Waals surface area (Å²) in [7, 11) is 0. The number of nitrogens with one attached hydrogen (secondary N) is 1. The standard InChI is InChI=1S/C28H34N4O3S/c1-5-7-15-34-26(33)24-20(4)29-27-30-28(36-16-6-2)31-32(27)25(24)22-11-13-23(14-12-22)35-18-21-10-8-9-19(3)17-21/h8-14,17,25H,5-7,15-16,18H2,1-4H3,(H,29,30,31). The number of aryl methyl sites for hydroxylation is 1. The minimum Gasteiger partial charge on any atom is -0.489 e. The SMILES string of the molecule is CCCCOC(=O)C1=C(C)Nc2nc(SCCC)nn2C1c1ccc(OCc2cccc(C)c2)cc1. The summed E-state index contributed by atoms with van der Waals surface area (Å²) in [6.45, 7) is 9.05. The van der Waals surface area contributed by atoms with E-state index in [1.165, 1.54) is 5.56 Å². The number of hydrogen-bond donors (Lipinski definition) is 1. The van der Waals surface area contributed by atoms with Gasteiger partial charge in [0.15, 0.2) is 0 Å². The van der Waals surface area contributed by atoms with Gasteiger partial charge in [0.05, 0.1) is 12.2 Å². The van der Waals surface area contributed by atoms with Crippen LogP contribution in [-0.2, 0) is 16.1 Å². The number of esters is 1. The van der Waals surface area contributed by atoms with Gasteiger partial charge in [0.1, 0.15) is 18.4 Å². The van der Waals surface area contributed by atoms with E-state index in [2.05, 4.69) is 49.3 Å². The number of carbonyl (C=O) groups is 1. The molecule has 0 radical (unpaired) electrons. The van der Waals surface area contributed by atoms with Crippen LogP contribution in [0.25, 0.3) is 0 Å². The van der Waals surface area contributed by atoms with E-state index in [0.29, 0.717) is 29.9 Å². The van der Waals surface area contributed by atoms with Crippen LogP contribution in [0.15, 0.2) is 65.0 Å². The number of benzene rings is 2. The van der Waals surface area contributed by atoms with Crippen LogP contribution in [-0.4, -0.2) is 33.1 Å². The summed E-state index contributed by atoms with van der Waals surface area (Å²) in [5, 5.41) is 8.70. The molecule has 1 aromatic heterocycles. The molecule has 1 atom stereocenters. The number of nitrogens with zero attached hydrogens (tertiary/aromatic N) is 3. The van der Waals surface area contributed by atoms with E-state index in [1.54, 1.807) is 16.4 Å². The predicted molar refractivity (Wildman–Crippen MR) is 143 cm³/mol. The Morgan fingerprint density at radius 3 is 2.64 bits per heavy atom. The summed E-state index contributed by atoms with van der Waals surface area (Å²) in [6.07, 6.45) is 2.82. The number of aromatic nitrogens is 3. The maximum Gasteiger partial charge on any atom is 0.338 e. The van der Waals surface area contributed by atoms with E-state index in [9.17, 15) is 4.79 Å². The van der Waals surface area contributed by atoms with Gasteiger partial charge in [-0.05, 0) is 49.9 Å². The Morgan fingerprint density at radius 2 is 1.92 bits per heavy atom. The van der Waals surface area contributed by atoms with Crippen LogP contribution in [0.5, 0.6) is 5.75 Å². The molecule has 36 heavy (non-hydrogen) atoms. The van der Waals surface area contributed by atoms with E-state index in [-0.39, 0.29) is 5.97 Å². The van der Waals surface area contributed by atoms with Gasteiger partial charge in [-0.25, -0.2) is 9.48 Å². The summed E-state index contributed by atoms with van der Waals surface area (Å²) in [4.78, 5) is 17.9. The number of allylic oxidation sites excluding steroid dienone is 1. The quantitative estimate of drug-likeness (QED) is 0.186. The third-order valence-electron chi connectivity index (χ3n) is 5.90. The molecule has 2 heterocycles. The first-order valence-corrected chi connectivity index (χ1v) is 13.5. The van der Waals surface area contributed by atoms with Crippen molar-refractivity contribution in [3.8, 4) is 5.75 Å². The minimum absolute atomic E-state index is 0.331. The number of carbonyl (C=O) groups excluding carboxylic acids is 1. The predicted octanol–water partition coefficient (Wildman–Crippen LogP) is 6.30. The number of ether oxygens (including phenoxy) is 2. The molecular weight excluding hydrogens is 472 g/mol. The van der Waals surface area contributed by atoms with Crippen LogP contribution in [0.3, 0.4) is 0 Å². The largest absolute Gasteiger partial charge is 0.489 e. The monoisotopic (exact) mass is 506 g/mol. The molecule has 2 aromatic carbocycles. The fourth-order valence-corrected chi connectivity index (χ4v) is 4.74. The normalized spacial score (nSPS) is 14.8. The van der Waals surface area contributed by atoms with Gasteiger partial charge in [-0.1, -0.05) is 74.0 Å². The lowest BCUT2D eigenvalue weighted by Crippen LogP contribution is -2.29. The molecular formula is C28H34N4O3S. The molecule has 1 aliphatic heterocycles. The van der Waals surface area contributed by atoms with Crippen molar-refractivity contribution in [1.82, 2.24) is 14.8 Å². The van der Waals surface area contributed by atoms with Crippen LogP contribution >= 0.6 is 11.8 Å². The summed E-state index contributed by atoms with van der Waals surface area (Å²) in [5.41, 5.74) is 4.52. The molecule has 4 rings (SSSR count). The lowest BCUT2D eigenvalue weighted by Gasteiger charge is -2.28. The zero-order valence-corrected chi connectivity index (χ0v) is 22.2. The number of rotatable bonds is 11. The second-order valence-corrected chi connectivity index (χ2v) is 9.98. The number of fused-ring (bicyclic) bond motifs is 1. The highest BCUT2D eigenvalue weighted by Crippen LogP contribution is 2.37. The Balaban J connectivity index is 1.61. The lowest BCUT2D eigenvalue weighted by molar-refractivity contribution is -0.139. The molecule has 1 N–H and O–H groups in total. The number of unbranched alkanes of at least 4 members (excludes halogenated alkanes) is 1. The first kappa shape index (κ1) is 25.8. The smallest absolute Gasteiger partial charge is 0.338 e. The van der Waals surface area contributed by atoms with Crippen molar-refractivity contribution in [3.63, 3.8) is 0 Å². The third-order valence-corrected chi connectivity index (χ3v) is 6.95. The molecule has 0 spiro atoms. The summed E-state index contributed by atoms with van der Waals surface area (Å²) in [5.74, 6) is 1.99. The fraction of sp³-hybridized carbons (Fsp3) is 0.393. The van der Waals surface area contributed by atoms with Gasteiger partial charge < -0.3 is 14.8 Å². The van der Waals surface area contributed by atoms with Crippen LogP contribution in [0.4, 0.5) is 5.95 Å². The van der Waals surface area contributed by atoms with Gasteiger partial charge in [-0.2, -0.15) is 4.98 Å². The van der Waals surface area contributed by atoms with E-state index >= 15 is 0 Å². The molecule has 3 aromatic rings. The number of hydrogen-bond acceptors (Lipinski definition) is 7. The topological polar surface area (TPSA) is 78.3 Å². The second kappa shape index (κ2) is 12.1. The Bertz CT molecular complexity index is 1220. The molecule has 1 unspecified atom stereocenters. The Labute approximate surface area is 217 Å². The maximum absolute atomic E-state index is 13.2. The van der Waals surface area contributed by atoms with E-state index < -0.39 is 6.04 Å². The molecule has 0 aliphatic carbocycles. The molecule has 8 heteroatoms. The molecule has 7 nitrogen and oxygen atoms in total. The first-order chi connectivity index (χ1) is 17.5. The second-order valence-electron chi connectivity index (χ2n) is 8.91. The van der Waals surface area contributed by atoms with Crippen LogP contribution in [0, 0.1) is 6.92 Å². The van der Waals surface area contributed by atoms with Crippen LogP contribution in [0.1, 0.15) is 62.8 Å². The summed E-state index contributed by atoms with van der Waals surface area (Å²) < 4.78 is 13.4. The average molecular weight is 507 g/mol. The van der Waals surface area contributed by atoms with E-state index in [0.717, 1.165) is 47.6 Å². The fourth-order valence-electron chi connectivity index (χ4n) is 4.06.